The third-order valence-corrected chi connectivity index (χ3v) is 2.37. The average molecular weight is 216 g/mol. The molecule has 1 aromatic heterocycles. The Morgan fingerprint density at radius 2 is 2.36 bits per heavy atom. The van der Waals surface area contributed by atoms with Crippen molar-refractivity contribution in [3.63, 3.8) is 0 Å². The number of alkyl halides is 1. The molecule has 0 amide bonds. The molecule has 0 aliphatic carbocycles. The summed E-state index contributed by atoms with van der Waals surface area (Å²) in [6.45, 7) is 1.62. The minimum absolute atomic E-state index is 0.0664. The highest BCUT2D eigenvalue weighted by molar-refractivity contribution is 7.12. The van der Waals surface area contributed by atoms with E-state index < -0.39 is 17.9 Å². The van der Waals surface area contributed by atoms with Crippen molar-refractivity contribution < 1.29 is 18.7 Å². The zero-order valence-electron chi connectivity index (χ0n) is 7.53. The van der Waals surface area contributed by atoms with Gasteiger partial charge in [-0.25, -0.2) is 9.18 Å². The quantitative estimate of drug-likeness (QED) is 0.438. The minimum atomic E-state index is -2.20. The molecule has 0 aromatic carbocycles. The maximum Gasteiger partial charge on any atom is 0.349 e. The third-order valence-electron chi connectivity index (χ3n) is 1.49. The van der Waals surface area contributed by atoms with Crippen molar-refractivity contribution in [3.8, 4) is 0 Å². The number of carbonyl (C=O) groups is 2. The van der Waals surface area contributed by atoms with E-state index in [0.29, 0.717) is 0 Å². The van der Waals surface area contributed by atoms with Crippen LogP contribution in [0.2, 0.25) is 0 Å². The summed E-state index contributed by atoms with van der Waals surface area (Å²) < 4.78 is 17.5. The first kappa shape index (κ1) is 10.8. The summed E-state index contributed by atoms with van der Waals surface area (Å²) in [7, 11) is 0. The number of halogens is 1. The average Bonchev–Trinajstić information content (AvgIpc) is 2.68. The van der Waals surface area contributed by atoms with E-state index in [1.165, 1.54) is 6.07 Å². The molecule has 0 saturated heterocycles. The second-order valence-corrected chi connectivity index (χ2v) is 3.40. The Morgan fingerprint density at radius 1 is 1.64 bits per heavy atom. The Labute approximate surface area is 84.5 Å². The largest absolute Gasteiger partial charge is 0.463 e. The topological polar surface area (TPSA) is 43.4 Å². The summed E-state index contributed by atoms with van der Waals surface area (Å²) >= 11 is 1.10. The van der Waals surface area contributed by atoms with E-state index >= 15 is 0 Å². The summed E-state index contributed by atoms with van der Waals surface area (Å²) in [6, 6.07) is 3.09. The van der Waals surface area contributed by atoms with Gasteiger partial charge in [0, 0.05) is 0 Å². The van der Waals surface area contributed by atoms with E-state index in [2.05, 4.69) is 4.74 Å². The summed E-state index contributed by atoms with van der Waals surface area (Å²) in [6.07, 6.45) is -2.20. The van der Waals surface area contributed by atoms with E-state index in [0.717, 1.165) is 11.3 Å². The number of thiophene rings is 1. The number of ether oxygens (including phenoxy) is 1. The monoisotopic (exact) mass is 216 g/mol. The smallest absolute Gasteiger partial charge is 0.349 e. The van der Waals surface area contributed by atoms with Crippen LogP contribution >= 0.6 is 11.3 Å². The van der Waals surface area contributed by atoms with Gasteiger partial charge in [0.1, 0.15) is 0 Å². The molecule has 0 bridgehead atoms. The van der Waals surface area contributed by atoms with Crippen LogP contribution < -0.4 is 0 Å². The van der Waals surface area contributed by atoms with Crippen molar-refractivity contribution in [1.82, 2.24) is 0 Å². The molecule has 1 heterocycles. The molecular weight excluding hydrogens is 207 g/mol. The highest BCUT2D eigenvalue weighted by atomic mass is 32.1. The van der Waals surface area contributed by atoms with Crippen molar-refractivity contribution in [2.24, 2.45) is 0 Å². The van der Waals surface area contributed by atoms with Crippen LogP contribution in [0.1, 0.15) is 16.6 Å². The van der Waals surface area contributed by atoms with E-state index in [1.54, 1.807) is 18.4 Å². The van der Waals surface area contributed by atoms with E-state index in [9.17, 15) is 14.0 Å². The van der Waals surface area contributed by atoms with Gasteiger partial charge >= 0.3 is 5.97 Å². The Morgan fingerprint density at radius 3 is 2.86 bits per heavy atom. The molecule has 0 aliphatic rings. The number of hydrogen-bond donors (Lipinski definition) is 0. The fourth-order valence-corrected chi connectivity index (χ4v) is 1.55. The van der Waals surface area contributed by atoms with Crippen molar-refractivity contribution in [2.45, 2.75) is 13.1 Å². The lowest BCUT2D eigenvalue weighted by Crippen LogP contribution is -2.27. The van der Waals surface area contributed by atoms with Gasteiger partial charge in [0.05, 0.1) is 11.5 Å². The van der Waals surface area contributed by atoms with Crippen LogP contribution in [0.15, 0.2) is 17.5 Å². The van der Waals surface area contributed by atoms with Crippen molar-refractivity contribution in [2.75, 3.05) is 6.61 Å². The van der Waals surface area contributed by atoms with Crippen LogP contribution in [0, 0.1) is 0 Å². The first-order valence-corrected chi connectivity index (χ1v) is 4.93. The molecule has 5 heteroatoms. The highest BCUT2D eigenvalue weighted by Gasteiger charge is 2.28. The van der Waals surface area contributed by atoms with E-state index in [1.807, 2.05) is 0 Å². The van der Waals surface area contributed by atoms with Gasteiger partial charge in [-0.05, 0) is 18.4 Å². The standard InChI is InChI=1S/C9H9FO3S/c1-2-13-9(12)7(10)8(11)6-4-3-5-14-6/h3-5,7H,2H2,1H3. The molecule has 1 unspecified atom stereocenters. The zero-order chi connectivity index (χ0) is 10.6. The van der Waals surface area contributed by atoms with E-state index in [4.69, 9.17) is 0 Å². The Balaban J connectivity index is 2.66. The third kappa shape index (κ3) is 2.38. The second-order valence-electron chi connectivity index (χ2n) is 2.46. The molecule has 0 radical (unpaired) electrons. The summed E-state index contributed by atoms with van der Waals surface area (Å²) in [5.41, 5.74) is 0. The normalized spacial score (nSPS) is 12.1. The molecule has 0 saturated carbocycles. The van der Waals surface area contributed by atoms with Crippen LogP contribution in [0.3, 0.4) is 0 Å². The van der Waals surface area contributed by atoms with Crippen LogP contribution in [0.5, 0.6) is 0 Å². The molecule has 0 N–H and O–H groups in total. The first-order chi connectivity index (χ1) is 6.66. The fraction of sp³-hybridized carbons (Fsp3) is 0.333. The summed E-state index contributed by atoms with van der Waals surface area (Å²) in [4.78, 5) is 22.4. The molecule has 0 aliphatic heterocycles. The number of Topliss-reactive ketones (excluding diaryl/α,β-unsaturated/α-hetero) is 1. The maximum absolute atomic E-state index is 13.1. The van der Waals surface area contributed by atoms with Crippen LogP contribution in [-0.4, -0.2) is 24.5 Å². The summed E-state index contributed by atoms with van der Waals surface area (Å²) in [5, 5.41) is 1.64. The molecule has 76 valence electrons. The molecule has 0 fully saturated rings. The highest BCUT2D eigenvalue weighted by Crippen LogP contribution is 2.13. The molecule has 1 rings (SSSR count). The van der Waals surface area contributed by atoms with Gasteiger partial charge in [-0.1, -0.05) is 6.07 Å². The van der Waals surface area contributed by atoms with Crippen LogP contribution in [0.4, 0.5) is 4.39 Å². The lowest BCUT2D eigenvalue weighted by Gasteiger charge is -2.04. The van der Waals surface area contributed by atoms with Crippen molar-refractivity contribution in [1.29, 1.82) is 0 Å². The van der Waals surface area contributed by atoms with Gasteiger partial charge in [-0.15, -0.1) is 11.3 Å². The SMILES string of the molecule is CCOC(=O)C(F)C(=O)c1cccs1. The number of hydrogen-bond acceptors (Lipinski definition) is 4. The van der Waals surface area contributed by atoms with Gasteiger partial charge in [0.25, 0.3) is 6.17 Å². The fourth-order valence-electron chi connectivity index (χ4n) is 0.866. The predicted molar refractivity (Wildman–Crippen MR) is 50.2 cm³/mol. The first-order valence-electron chi connectivity index (χ1n) is 4.05. The van der Waals surface area contributed by atoms with E-state index in [-0.39, 0.29) is 11.5 Å². The zero-order valence-corrected chi connectivity index (χ0v) is 8.34. The molecular formula is C9H9FO3S. The van der Waals surface area contributed by atoms with Crippen LogP contribution in [0.25, 0.3) is 0 Å². The van der Waals surface area contributed by atoms with Crippen LogP contribution in [-0.2, 0) is 9.53 Å². The molecule has 3 nitrogen and oxygen atoms in total. The molecule has 0 spiro atoms. The number of rotatable bonds is 4. The van der Waals surface area contributed by atoms with Gasteiger partial charge < -0.3 is 4.74 Å². The second kappa shape index (κ2) is 4.85. The number of carbonyl (C=O) groups excluding carboxylic acids is 2. The van der Waals surface area contributed by atoms with Gasteiger partial charge in [-0.3, -0.25) is 4.79 Å². The van der Waals surface area contributed by atoms with Gasteiger partial charge in [0.15, 0.2) is 0 Å². The molecule has 14 heavy (non-hydrogen) atoms. The Bertz CT molecular complexity index is 321. The predicted octanol–water partition coefficient (Wildman–Crippen LogP) is 1.83. The van der Waals surface area contributed by atoms with Crippen molar-refractivity contribution >= 4 is 23.1 Å². The Hall–Kier alpha value is -1.23. The minimum Gasteiger partial charge on any atom is -0.463 e. The summed E-state index contributed by atoms with van der Waals surface area (Å²) in [5.74, 6) is -1.95. The lowest BCUT2D eigenvalue weighted by molar-refractivity contribution is -0.147. The van der Waals surface area contributed by atoms with Gasteiger partial charge in [0.2, 0.25) is 5.78 Å². The molecule has 1 aromatic rings. The van der Waals surface area contributed by atoms with Crippen molar-refractivity contribution in [3.05, 3.63) is 22.4 Å². The molecule has 1 atom stereocenters. The number of ketones is 1. The lowest BCUT2D eigenvalue weighted by atomic mass is 10.2. The Kier molecular flexibility index (Phi) is 3.76. The number of esters is 1. The van der Waals surface area contributed by atoms with Gasteiger partial charge in [-0.2, -0.15) is 0 Å². The maximum atomic E-state index is 13.1.